The number of hydrogen-bond acceptors (Lipinski definition) is 3. The quantitative estimate of drug-likeness (QED) is 0.862. The second-order valence-corrected chi connectivity index (χ2v) is 4.15. The van der Waals surface area contributed by atoms with Crippen molar-refractivity contribution >= 4 is 17.9 Å². The Kier molecular flexibility index (Phi) is 4.61. The highest BCUT2D eigenvalue weighted by atomic mass is 19.1. The molecule has 0 fully saturated rings. The molecule has 0 aromatic heterocycles. The lowest BCUT2D eigenvalue weighted by Crippen LogP contribution is -2.20. The monoisotopic (exact) mass is 291 g/mol. The van der Waals surface area contributed by atoms with Gasteiger partial charge < -0.3 is 10.1 Å². The van der Waals surface area contributed by atoms with Crippen molar-refractivity contribution in [2.24, 2.45) is 0 Å². The molecule has 0 spiro atoms. The van der Waals surface area contributed by atoms with E-state index in [4.69, 9.17) is 4.74 Å². The molecule has 1 amide bonds. The number of carbonyl (C=O) groups is 2. The van der Waals surface area contributed by atoms with Gasteiger partial charge in [-0.2, -0.15) is 0 Å². The Morgan fingerprint density at radius 3 is 2.62 bits per heavy atom. The molecule has 2 aromatic rings. The van der Waals surface area contributed by atoms with Crippen molar-refractivity contribution in [3.05, 3.63) is 59.7 Å². The lowest BCUT2D eigenvalue weighted by Gasteiger charge is -2.09. The van der Waals surface area contributed by atoms with E-state index in [1.54, 1.807) is 0 Å². The molecule has 0 aliphatic heterocycles. The number of rotatable bonds is 5. The molecule has 2 aromatic carbocycles. The van der Waals surface area contributed by atoms with Gasteiger partial charge in [0.1, 0.15) is 17.4 Å². The van der Waals surface area contributed by atoms with E-state index in [-0.39, 0.29) is 17.9 Å². The van der Waals surface area contributed by atoms with Crippen LogP contribution in [0.5, 0.6) is 5.75 Å². The first-order valence-corrected chi connectivity index (χ1v) is 6.01. The van der Waals surface area contributed by atoms with Crippen LogP contribution < -0.4 is 10.1 Å². The molecule has 0 atom stereocenters. The molecule has 4 nitrogen and oxygen atoms in total. The zero-order valence-corrected chi connectivity index (χ0v) is 10.8. The molecule has 0 saturated carbocycles. The van der Waals surface area contributed by atoms with Gasteiger partial charge in [-0.15, -0.1) is 0 Å². The molecule has 0 bridgehead atoms. The van der Waals surface area contributed by atoms with Gasteiger partial charge in [-0.25, -0.2) is 8.78 Å². The highest BCUT2D eigenvalue weighted by molar-refractivity contribution is 5.92. The van der Waals surface area contributed by atoms with E-state index < -0.39 is 17.5 Å². The van der Waals surface area contributed by atoms with Crippen LogP contribution in [0.15, 0.2) is 42.5 Å². The van der Waals surface area contributed by atoms with Crippen LogP contribution in [0.2, 0.25) is 0 Å². The maximum Gasteiger partial charge on any atom is 0.262 e. The van der Waals surface area contributed by atoms with Gasteiger partial charge in [0.2, 0.25) is 0 Å². The maximum atomic E-state index is 12.9. The highest BCUT2D eigenvalue weighted by Crippen LogP contribution is 2.18. The van der Waals surface area contributed by atoms with E-state index in [1.165, 1.54) is 24.3 Å². The fraction of sp³-hybridized carbons (Fsp3) is 0.0667. The van der Waals surface area contributed by atoms with Crippen molar-refractivity contribution < 1.29 is 23.1 Å². The molecule has 0 aliphatic carbocycles. The summed E-state index contributed by atoms with van der Waals surface area (Å²) in [5, 5.41) is 2.44. The lowest BCUT2D eigenvalue weighted by atomic mass is 10.2. The number of hydrogen-bond donors (Lipinski definition) is 1. The molecule has 2 rings (SSSR count). The second kappa shape index (κ2) is 6.60. The molecular formula is C15H11F2NO3. The third-order valence-corrected chi connectivity index (χ3v) is 2.57. The summed E-state index contributed by atoms with van der Waals surface area (Å²) in [5.41, 5.74) is 0.298. The SMILES string of the molecule is O=Cc1cc(F)ccc1OCC(=O)Nc1cccc(F)c1. The van der Waals surface area contributed by atoms with Crippen LogP contribution in [0.3, 0.4) is 0 Å². The summed E-state index contributed by atoms with van der Waals surface area (Å²) in [6, 6.07) is 8.77. The Morgan fingerprint density at radius 2 is 1.90 bits per heavy atom. The molecule has 21 heavy (non-hydrogen) atoms. The van der Waals surface area contributed by atoms with E-state index in [9.17, 15) is 18.4 Å². The summed E-state index contributed by atoms with van der Waals surface area (Å²) in [7, 11) is 0. The topological polar surface area (TPSA) is 55.4 Å². The van der Waals surface area contributed by atoms with Gasteiger partial charge in [0.25, 0.3) is 5.91 Å². The molecule has 0 unspecified atom stereocenters. The van der Waals surface area contributed by atoms with Crippen LogP contribution in [0.1, 0.15) is 10.4 Å². The van der Waals surface area contributed by atoms with Crippen molar-refractivity contribution in [3.63, 3.8) is 0 Å². The zero-order chi connectivity index (χ0) is 15.2. The van der Waals surface area contributed by atoms with Gasteiger partial charge in [0.15, 0.2) is 12.9 Å². The summed E-state index contributed by atoms with van der Waals surface area (Å²) < 4.78 is 31.0. The summed E-state index contributed by atoms with van der Waals surface area (Å²) in [5.74, 6) is -1.48. The van der Waals surface area contributed by atoms with Crippen molar-refractivity contribution in [3.8, 4) is 5.75 Å². The largest absolute Gasteiger partial charge is 0.483 e. The van der Waals surface area contributed by atoms with Crippen LogP contribution in [0.25, 0.3) is 0 Å². The van der Waals surface area contributed by atoms with Gasteiger partial charge in [0, 0.05) is 5.69 Å². The maximum absolute atomic E-state index is 12.9. The van der Waals surface area contributed by atoms with Crippen molar-refractivity contribution in [2.45, 2.75) is 0 Å². The van der Waals surface area contributed by atoms with E-state index in [0.29, 0.717) is 12.0 Å². The van der Waals surface area contributed by atoms with E-state index in [0.717, 1.165) is 18.2 Å². The van der Waals surface area contributed by atoms with Gasteiger partial charge in [-0.05, 0) is 36.4 Å². The summed E-state index contributed by atoms with van der Waals surface area (Å²) in [6.07, 6.45) is 0.433. The second-order valence-electron chi connectivity index (χ2n) is 4.15. The normalized spacial score (nSPS) is 10.0. The van der Waals surface area contributed by atoms with E-state index >= 15 is 0 Å². The lowest BCUT2D eigenvalue weighted by molar-refractivity contribution is -0.118. The smallest absolute Gasteiger partial charge is 0.262 e. The van der Waals surface area contributed by atoms with Crippen molar-refractivity contribution in [1.29, 1.82) is 0 Å². The Morgan fingerprint density at radius 1 is 1.14 bits per heavy atom. The van der Waals surface area contributed by atoms with Crippen LogP contribution in [0, 0.1) is 11.6 Å². The van der Waals surface area contributed by atoms with Gasteiger partial charge in [-0.1, -0.05) is 6.07 Å². The van der Waals surface area contributed by atoms with E-state index in [1.807, 2.05) is 0 Å². The third kappa shape index (κ3) is 4.10. The number of nitrogens with one attached hydrogen (secondary N) is 1. The molecule has 0 aliphatic rings. The van der Waals surface area contributed by atoms with Crippen LogP contribution >= 0.6 is 0 Å². The zero-order valence-electron chi connectivity index (χ0n) is 10.8. The van der Waals surface area contributed by atoms with Crippen LogP contribution in [-0.4, -0.2) is 18.8 Å². The molecule has 108 valence electrons. The molecule has 0 heterocycles. The van der Waals surface area contributed by atoms with Gasteiger partial charge in [-0.3, -0.25) is 9.59 Å². The Bertz CT molecular complexity index is 674. The number of aldehydes is 1. The summed E-state index contributed by atoms with van der Waals surface area (Å²) >= 11 is 0. The number of ether oxygens (including phenoxy) is 1. The highest BCUT2D eigenvalue weighted by Gasteiger charge is 2.08. The fourth-order valence-electron chi connectivity index (χ4n) is 1.65. The first kappa shape index (κ1) is 14.6. The standard InChI is InChI=1S/C15H11F2NO3/c16-11-2-1-3-13(7-11)18-15(20)9-21-14-5-4-12(17)6-10(14)8-19/h1-8H,9H2,(H,18,20). The third-order valence-electron chi connectivity index (χ3n) is 2.57. The Balaban J connectivity index is 1.97. The molecule has 0 radical (unpaired) electrons. The number of anilines is 1. The number of amides is 1. The number of halogens is 2. The first-order chi connectivity index (χ1) is 10.1. The minimum absolute atomic E-state index is 0.00792. The van der Waals surface area contributed by atoms with Gasteiger partial charge >= 0.3 is 0 Å². The average molecular weight is 291 g/mol. The molecule has 1 N–H and O–H groups in total. The van der Waals surface area contributed by atoms with Crippen molar-refractivity contribution in [1.82, 2.24) is 0 Å². The van der Waals surface area contributed by atoms with Crippen molar-refractivity contribution in [2.75, 3.05) is 11.9 Å². The van der Waals surface area contributed by atoms with Gasteiger partial charge in [0.05, 0.1) is 5.56 Å². The molecule has 6 heteroatoms. The summed E-state index contributed by atoms with van der Waals surface area (Å²) in [6.45, 7) is -0.386. The Labute approximate surface area is 119 Å². The average Bonchev–Trinajstić information content (AvgIpc) is 2.45. The Hall–Kier alpha value is -2.76. The molecule has 0 saturated heterocycles. The first-order valence-electron chi connectivity index (χ1n) is 6.01. The summed E-state index contributed by atoms with van der Waals surface area (Å²) in [4.78, 5) is 22.4. The van der Waals surface area contributed by atoms with Crippen LogP contribution in [-0.2, 0) is 4.79 Å². The molecular weight excluding hydrogens is 280 g/mol. The fourth-order valence-corrected chi connectivity index (χ4v) is 1.65. The van der Waals surface area contributed by atoms with Crippen LogP contribution in [0.4, 0.5) is 14.5 Å². The number of carbonyl (C=O) groups excluding carboxylic acids is 2. The minimum Gasteiger partial charge on any atom is -0.483 e. The predicted octanol–water partition coefficient (Wildman–Crippen LogP) is 2.79. The van der Waals surface area contributed by atoms with E-state index in [2.05, 4.69) is 5.32 Å². The number of benzene rings is 2. The predicted molar refractivity (Wildman–Crippen MR) is 72.3 cm³/mol. The minimum atomic E-state index is -0.575.